The van der Waals surface area contributed by atoms with Crippen LogP contribution in [0, 0.1) is 0 Å². The average Bonchev–Trinajstić information content (AvgIpc) is 2.63. The molecule has 1 saturated carbocycles. The number of ether oxygens (including phenoxy) is 1. The third-order valence-electron chi connectivity index (χ3n) is 3.77. The van der Waals surface area contributed by atoms with E-state index in [9.17, 15) is 5.11 Å². The van der Waals surface area contributed by atoms with Gasteiger partial charge in [-0.05, 0) is 36.8 Å². The van der Waals surface area contributed by atoms with Crippen molar-refractivity contribution in [3.05, 3.63) is 35.4 Å². The molecule has 1 aromatic carbocycles. The number of hydrogen-bond donors (Lipinski definition) is 1. The summed E-state index contributed by atoms with van der Waals surface area (Å²) in [6, 6.07) is 8.48. The zero-order valence-corrected chi connectivity index (χ0v) is 8.78. The van der Waals surface area contributed by atoms with Gasteiger partial charge in [0.2, 0.25) is 0 Å². The topological polar surface area (TPSA) is 29.5 Å². The monoisotopic (exact) mass is 204 g/mol. The van der Waals surface area contributed by atoms with Crippen molar-refractivity contribution in [2.75, 3.05) is 0 Å². The first-order valence-electron chi connectivity index (χ1n) is 5.71. The molecule has 15 heavy (non-hydrogen) atoms. The van der Waals surface area contributed by atoms with Crippen LogP contribution in [0.2, 0.25) is 0 Å². The van der Waals surface area contributed by atoms with Crippen molar-refractivity contribution in [3.8, 4) is 0 Å². The van der Waals surface area contributed by atoms with Gasteiger partial charge in [-0.15, -0.1) is 0 Å². The minimum atomic E-state index is -0.119. The van der Waals surface area contributed by atoms with Crippen LogP contribution in [0.4, 0.5) is 0 Å². The number of rotatable bonds is 0. The maximum Gasteiger partial charge on any atom is 0.0941 e. The van der Waals surface area contributed by atoms with Crippen molar-refractivity contribution in [1.29, 1.82) is 0 Å². The number of aliphatic hydroxyl groups is 1. The first kappa shape index (κ1) is 9.37. The van der Waals surface area contributed by atoms with E-state index in [0.29, 0.717) is 0 Å². The van der Waals surface area contributed by atoms with E-state index < -0.39 is 0 Å². The molecule has 0 aromatic heterocycles. The standard InChI is InChI=1S/C13H16O2/c14-11-5-7-13(8-6-11)12-4-2-1-3-10(12)9-15-13/h1-4,11,14H,5-9H2. The molecule has 0 saturated heterocycles. The maximum atomic E-state index is 9.55. The lowest BCUT2D eigenvalue weighted by Gasteiger charge is -2.35. The summed E-state index contributed by atoms with van der Waals surface area (Å²) in [5.74, 6) is 0. The molecule has 1 N–H and O–H groups in total. The third kappa shape index (κ3) is 1.40. The molecule has 0 unspecified atom stereocenters. The largest absolute Gasteiger partial charge is 0.393 e. The van der Waals surface area contributed by atoms with Crippen LogP contribution in [-0.4, -0.2) is 11.2 Å². The molecule has 0 bridgehead atoms. The van der Waals surface area contributed by atoms with Gasteiger partial charge < -0.3 is 9.84 Å². The molecule has 1 heterocycles. The second kappa shape index (κ2) is 3.32. The summed E-state index contributed by atoms with van der Waals surface area (Å²) in [7, 11) is 0. The van der Waals surface area contributed by atoms with E-state index in [-0.39, 0.29) is 11.7 Å². The summed E-state index contributed by atoms with van der Waals surface area (Å²) in [6.07, 6.45) is 3.55. The van der Waals surface area contributed by atoms with Crippen molar-refractivity contribution in [2.24, 2.45) is 0 Å². The van der Waals surface area contributed by atoms with Gasteiger partial charge in [0.25, 0.3) is 0 Å². The van der Waals surface area contributed by atoms with Crippen LogP contribution in [0.5, 0.6) is 0 Å². The van der Waals surface area contributed by atoms with Crippen molar-refractivity contribution < 1.29 is 9.84 Å². The van der Waals surface area contributed by atoms with E-state index in [1.165, 1.54) is 11.1 Å². The van der Waals surface area contributed by atoms with Crippen LogP contribution < -0.4 is 0 Å². The first-order chi connectivity index (χ1) is 7.30. The molecule has 0 radical (unpaired) electrons. The van der Waals surface area contributed by atoms with Gasteiger partial charge in [0.15, 0.2) is 0 Å². The van der Waals surface area contributed by atoms with Crippen LogP contribution >= 0.6 is 0 Å². The summed E-state index contributed by atoms with van der Waals surface area (Å²) >= 11 is 0. The van der Waals surface area contributed by atoms with Gasteiger partial charge in [0, 0.05) is 0 Å². The second-order valence-corrected chi connectivity index (χ2v) is 4.67. The van der Waals surface area contributed by atoms with E-state index in [2.05, 4.69) is 24.3 Å². The number of benzene rings is 1. The van der Waals surface area contributed by atoms with Gasteiger partial charge in [0.1, 0.15) is 0 Å². The zero-order valence-electron chi connectivity index (χ0n) is 8.78. The van der Waals surface area contributed by atoms with Crippen LogP contribution in [0.1, 0.15) is 36.8 Å². The Balaban J connectivity index is 1.95. The van der Waals surface area contributed by atoms with Gasteiger partial charge >= 0.3 is 0 Å². The quantitative estimate of drug-likeness (QED) is 0.703. The molecule has 2 aliphatic rings. The van der Waals surface area contributed by atoms with Crippen LogP contribution in [-0.2, 0) is 16.9 Å². The molecule has 1 aliphatic heterocycles. The van der Waals surface area contributed by atoms with Crippen molar-refractivity contribution in [3.63, 3.8) is 0 Å². The van der Waals surface area contributed by atoms with Crippen LogP contribution in [0.3, 0.4) is 0 Å². The smallest absolute Gasteiger partial charge is 0.0941 e. The van der Waals surface area contributed by atoms with E-state index in [1.807, 2.05) is 0 Å². The van der Waals surface area contributed by atoms with Gasteiger partial charge in [-0.3, -0.25) is 0 Å². The highest BCUT2D eigenvalue weighted by molar-refractivity contribution is 5.35. The molecule has 3 rings (SSSR count). The fraction of sp³-hybridized carbons (Fsp3) is 0.538. The van der Waals surface area contributed by atoms with Gasteiger partial charge in [0.05, 0.1) is 18.3 Å². The predicted molar refractivity (Wildman–Crippen MR) is 57.4 cm³/mol. The molecule has 1 fully saturated rings. The lowest BCUT2D eigenvalue weighted by molar-refractivity contribution is -0.0840. The van der Waals surface area contributed by atoms with Crippen molar-refractivity contribution >= 4 is 0 Å². The SMILES string of the molecule is OC1CCC2(CC1)OCc1ccccc12. The summed E-state index contributed by atoms with van der Waals surface area (Å²) in [5, 5.41) is 9.55. The molecule has 1 aromatic rings. The third-order valence-corrected chi connectivity index (χ3v) is 3.77. The average molecular weight is 204 g/mol. The molecule has 80 valence electrons. The normalized spacial score (nSPS) is 34.3. The maximum absolute atomic E-state index is 9.55. The lowest BCUT2D eigenvalue weighted by Crippen LogP contribution is -2.33. The Kier molecular flexibility index (Phi) is 2.08. The summed E-state index contributed by atoms with van der Waals surface area (Å²) in [5.41, 5.74) is 2.61. The summed E-state index contributed by atoms with van der Waals surface area (Å²) in [6.45, 7) is 0.742. The molecule has 0 atom stereocenters. The van der Waals surface area contributed by atoms with Crippen molar-refractivity contribution in [2.45, 2.75) is 44.0 Å². The fourth-order valence-electron chi connectivity index (χ4n) is 2.87. The molecular formula is C13H16O2. The molecule has 1 aliphatic carbocycles. The second-order valence-electron chi connectivity index (χ2n) is 4.67. The predicted octanol–water partition coefficient (Wildman–Crippen LogP) is 2.35. The van der Waals surface area contributed by atoms with Crippen LogP contribution in [0.15, 0.2) is 24.3 Å². The lowest BCUT2D eigenvalue weighted by atomic mass is 9.78. The summed E-state index contributed by atoms with van der Waals surface area (Å²) < 4.78 is 5.99. The van der Waals surface area contributed by atoms with E-state index in [4.69, 9.17) is 4.74 Å². The number of fused-ring (bicyclic) bond motifs is 2. The molecular weight excluding hydrogens is 188 g/mol. The Hall–Kier alpha value is -0.860. The minimum Gasteiger partial charge on any atom is -0.393 e. The Morgan fingerprint density at radius 1 is 1.20 bits per heavy atom. The molecule has 2 heteroatoms. The Morgan fingerprint density at radius 2 is 1.93 bits per heavy atom. The number of hydrogen-bond acceptors (Lipinski definition) is 2. The fourth-order valence-corrected chi connectivity index (χ4v) is 2.87. The van der Waals surface area contributed by atoms with Crippen molar-refractivity contribution in [1.82, 2.24) is 0 Å². The van der Waals surface area contributed by atoms with Gasteiger partial charge in [-0.1, -0.05) is 24.3 Å². The zero-order chi connectivity index (χ0) is 10.3. The van der Waals surface area contributed by atoms with E-state index in [1.54, 1.807) is 0 Å². The van der Waals surface area contributed by atoms with E-state index in [0.717, 1.165) is 32.3 Å². The Morgan fingerprint density at radius 3 is 2.73 bits per heavy atom. The minimum absolute atomic E-state index is 0.0736. The summed E-state index contributed by atoms with van der Waals surface area (Å²) in [4.78, 5) is 0. The first-order valence-corrected chi connectivity index (χ1v) is 5.71. The highest BCUT2D eigenvalue weighted by atomic mass is 16.5. The highest BCUT2D eigenvalue weighted by Gasteiger charge is 2.42. The van der Waals surface area contributed by atoms with Crippen LogP contribution in [0.25, 0.3) is 0 Å². The Bertz CT molecular complexity index is 365. The van der Waals surface area contributed by atoms with Gasteiger partial charge in [-0.2, -0.15) is 0 Å². The van der Waals surface area contributed by atoms with E-state index >= 15 is 0 Å². The number of aliphatic hydroxyl groups excluding tert-OH is 1. The molecule has 1 spiro atoms. The van der Waals surface area contributed by atoms with Gasteiger partial charge in [-0.25, -0.2) is 0 Å². The molecule has 0 amide bonds. The highest BCUT2D eigenvalue weighted by Crippen LogP contribution is 2.46. The Labute approximate surface area is 89.9 Å². The molecule has 2 nitrogen and oxygen atoms in total.